The first-order valence-corrected chi connectivity index (χ1v) is 18.0. The van der Waals surface area contributed by atoms with Crippen LogP contribution < -0.4 is 0 Å². The van der Waals surface area contributed by atoms with E-state index in [9.17, 15) is 0 Å². The Morgan fingerprint density at radius 1 is 0.302 bits per heavy atom. The summed E-state index contributed by atoms with van der Waals surface area (Å²) >= 11 is 0. The lowest BCUT2D eigenvalue weighted by molar-refractivity contribution is 1.16. The molecular weight excluding hydrogens is 643 g/mol. The van der Waals surface area contributed by atoms with Gasteiger partial charge in [0.05, 0.1) is 22.4 Å². The lowest BCUT2D eigenvalue weighted by Crippen LogP contribution is -1.98. The molecule has 0 radical (unpaired) electrons. The summed E-state index contributed by atoms with van der Waals surface area (Å²) in [7, 11) is 0. The Kier molecular flexibility index (Phi) is 7.47. The fourth-order valence-corrected chi connectivity index (χ4v) is 7.52. The summed E-state index contributed by atoms with van der Waals surface area (Å²) in [6.45, 7) is 0. The molecule has 0 saturated heterocycles. The molecule has 0 atom stereocenters. The third-order valence-electron chi connectivity index (χ3n) is 10.2. The van der Waals surface area contributed by atoms with Gasteiger partial charge in [-0.2, -0.15) is 0 Å². The van der Waals surface area contributed by atoms with Crippen molar-refractivity contribution in [3.63, 3.8) is 0 Å². The molecule has 2 heterocycles. The predicted octanol–water partition coefficient (Wildman–Crippen LogP) is 13.1. The predicted molar refractivity (Wildman–Crippen MR) is 221 cm³/mol. The summed E-state index contributed by atoms with van der Waals surface area (Å²) in [6.07, 6.45) is 0. The second-order valence-electron chi connectivity index (χ2n) is 13.5. The van der Waals surface area contributed by atoms with Crippen LogP contribution in [-0.2, 0) is 0 Å². The van der Waals surface area contributed by atoms with E-state index in [2.05, 4.69) is 193 Å². The summed E-state index contributed by atoms with van der Waals surface area (Å²) in [5, 5.41) is 4.94. The molecule has 0 N–H and O–H groups in total. The molecule has 0 amide bonds. The van der Waals surface area contributed by atoms with Gasteiger partial charge in [-0.25, -0.2) is 9.97 Å². The molecule has 0 bridgehead atoms. The Labute approximate surface area is 308 Å². The molecule has 0 spiro atoms. The lowest BCUT2D eigenvalue weighted by Gasteiger charge is -2.13. The molecule has 0 unspecified atom stereocenters. The zero-order chi connectivity index (χ0) is 35.1. The van der Waals surface area contributed by atoms with Crippen molar-refractivity contribution in [2.24, 2.45) is 0 Å². The van der Waals surface area contributed by atoms with Crippen molar-refractivity contribution >= 4 is 32.6 Å². The standard InChI is InChI=1S/C50H33N3/c1-3-12-34(13-4-1)36-22-25-38(26-23-36)50-51-46(37-15-5-2-6-16-37)33-47(52-50)42-18-11-19-43(31-42)53-48-21-10-9-20-44(48)45-29-28-41(32-49(45)53)40-27-24-35-14-7-8-17-39(35)30-40/h1-33H. The molecular formula is C50H33N3. The van der Waals surface area contributed by atoms with E-state index in [-0.39, 0.29) is 0 Å². The molecule has 10 rings (SSSR count). The molecule has 2 aromatic heterocycles. The van der Waals surface area contributed by atoms with Crippen molar-refractivity contribution in [3.05, 3.63) is 200 Å². The highest BCUT2D eigenvalue weighted by Crippen LogP contribution is 2.37. The minimum Gasteiger partial charge on any atom is -0.309 e. The lowest BCUT2D eigenvalue weighted by atomic mass is 10.00. The maximum Gasteiger partial charge on any atom is 0.160 e. The highest BCUT2D eigenvalue weighted by Gasteiger charge is 2.16. The first kappa shape index (κ1) is 30.7. The molecule has 248 valence electrons. The van der Waals surface area contributed by atoms with E-state index in [0.29, 0.717) is 5.82 Å². The largest absolute Gasteiger partial charge is 0.309 e. The summed E-state index contributed by atoms with van der Waals surface area (Å²) < 4.78 is 2.39. The number of nitrogens with zero attached hydrogens (tertiary/aromatic N) is 3. The average molecular weight is 676 g/mol. The Hall–Kier alpha value is -7.10. The molecule has 10 aromatic rings. The van der Waals surface area contributed by atoms with Gasteiger partial charge in [0.1, 0.15) is 0 Å². The van der Waals surface area contributed by atoms with Crippen molar-refractivity contribution in [1.29, 1.82) is 0 Å². The van der Waals surface area contributed by atoms with Gasteiger partial charge in [0.15, 0.2) is 5.82 Å². The number of rotatable bonds is 6. The molecule has 0 aliphatic rings. The van der Waals surface area contributed by atoms with Crippen LogP contribution in [0.25, 0.3) is 94.4 Å². The minimum atomic E-state index is 0.697. The van der Waals surface area contributed by atoms with Crippen molar-refractivity contribution in [1.82, 2.24) is 14.5 Å². The van der Waals surface area contributed by atoms with Crippen molar-refractivity contribution < 1.29 is 0 Å². The highest BCUT2D eigenvalue weighted by molar-refractivity contribution is 6.10. The molecule has 3 heteroatoms. The number of hydrogen-bond acceptors (Lipinski definition) is 2. The summed E-state index contributed by atoms with van der Waals surface area (Å²) in [5.41, 5.74) is 13.0. The van der Waals surface area contributed by atoms with Crippen LogP contribution in [0, 0.1) is 0 Å². The van der Waals surface area contributed by atoms with Gasteiger partial charge < -0.3 is 4.57 Å². The Balaban J connectivity index is 1.11. The normalized spacial score (nSPS) is 11.4. The number of hydrogen-bond donors (Lipinski definition) is 0. The number of fused-ring (bicyclic) bond motifs is 4. The smallest absolute Gasteiger partial charge is 0.160 e. The second-order valence-corrected chi connectivity index (χ2v) is 13.5. The van der Waals surface area contributed by atoms with Gasteiger partial charge in [-0.3, -0.25) is 0 Å². The molecule has 3 nitrogen and oxygen atoms in total. The average Bonchev–Trinajstić information content (AvgIpc) is 3.58. The van der Waals surface area contributed by atoms with E-state index in [1.165, 1.54) is 49.3 Å². The first-order chi connectivity index (χ1) is 26.2. The number of aromatic nitrogens is 3. The van der Waals surface area contributed by atoms with Gasteiger partial charge in [0.2, 0.25) is 0 Å². The van der Waals surface area contributed by atoms with Gasteiger partial charge in [0, 0.05) is 33.2 Å². The van der Waals surface area contributed by atoms with E-state index in [0.717, 1.165) is 39.3 Å². The first-order valence-electron chi connectivity index (χ1n) is 18.0. The fraction of sp³-hybridized carbons (Fsp3) is 0. The molecule has 0 aliphatic carbocycles. The summed E-state index contributed by atoms with van der Waals surface area (Å²) in [6, 6.07) is 71.0. The second kappa shape index (κ2) is 12.9. The van der Waals surface area contributed by atoms with Crippen molar-refractivity contribution in [2.45, 2.75) is 0 Å². The monoisotopic (exact) mass is 675 g/mol. The van der Waals surface area contributed by atoms with Crippen molar-refractivity contribution in [2.75, 3.05) is 0 Å². The van der Waals surface area contributed by atoms with E-state index in [1.54, 1.807) is 0 Å². The Morgan fingerprint density at radius 3 is 1.68 bits per heavy atom. The van der Waals surface area contributed by atoms with Crippen LogP contribution in [0.1, 0.15) is 0 Å². The summed E-state index contributed by atoms with van der Waals surface area (Å²) in [4.78, 5) is 10.3. The molecule has 0 fully saturated rings. The van der Waals surface area contributed by atoms with Gasteiger partial charge >= 0.3 is 0 Å². The van der Waals surface area contributed by atoms with Gasteiger partial charge in [-0.15, -0.1) is 0 Å². The quantitative estimate of drug-likeness (QED) is 0.176. The zero-order valence-electron chi connectivity index (χ0n) is 28.9. The fourth-order valence-electron chi connectivity index (χ4n) is 7.52. The maximum absolute atomic E-state index is 5.21. The number of para-hydroxylation sites is 1. The van der Waals surface area contributed by atoms with Crippen LogP contribution in [0.3, 0.4) is 0 Å². The van der Waals surface area contributed by atoms with E-state index in [1.807, 2.05) is 12.1 Å². The van der Waals surface area contributed by atoms with Gasteiger partial charge in [-0.05, 0) is 69.4 Å². The van der Waals surface area contributed by atoms with Crippen LogP contribution >= 0.6 is 0 Å². The highest BCUT2D eigenvalue weighted by atomic mass is 15.0. The van der Waals surface area contributed by atoms with E-state index >= 15 is 0 Å². The van der Waals surface area contributed by atoms with Crippen LogP contribution in [0.2, 0.25) is 0 Å². The molecule has 0 aliphatic heterocycles. The number of benzene rings is 8. The van der Waals surface area contributed by atoms with Crippen LogP contribution in [-0.4, -0.2) is 14.5 Å². The summed E-state index contributed by atoms with van der Waals surface area (Å²) in [5.74, 6) is 0.697. The molecule has 8 aromatic carbocycles. The third kappa shape index (κ3) is 5.65. The van der Waals surface area contributed by atoms with Crippen LogP contribution in [0.5, 0.6) is 0 Å². The molecule has 53 heavy (non-hydrogen) atoms. The van der Waals surface area contributed by atoms with Gasteiger partial charge in [0.25, 0.3) is 0 Å². The van der Waals surface area contributed by atoms with E-state index in [4.69, 9.17) is 9.97 Å². The maximum atomic E-state index is 5.21. The Morgan fingerprint density at radius 2 is 0.868 bits per heavy atom. The molecule has 0 saturated carbocycles. The van der Waals surface area contributed by atoms with Crippen LogP contribution in [0.4, 0.5) is 0 Å². The van der Waals surface area contributed by atoms with Crippen LogP contribution in [0.15, 0.2) is 200 Å². The zero-order valence-corrected chi connectivity index (χ0v) is 28.9. The SMILES string of the molecule is c1ccc(-c2ccc(-c3nc(-c4ccccc4)cc(-c4cccc(-n5c6ccccc6c6ccc(-c7ccc8ccccc8c7)cc65)c4)n3)cc2)cc1. The topological polar surface area (TPSA) is 30.7 Å². The van der Waals surface area contributed by atoms with Crippen molar-refractivity contribution in [3.8, 4) is 61.8 Å². The Bertz CT molecular complexity index is 2930. The van der Waals surface area contributed by atoms with Gasteiger partial charge in [-0.1, -0.05) is 164 Å². The third-order valence-corrected chi connectivity index (χ3v) is 10.2. The van der Waals surface area contributed by atoms with E-state index < -0.39 is 0 Å². The minimum absolute atomic E-state index is 0.697.